The Morgan fingerprint density at radius 1 is 0.897 bits per heavy atom. The average molecular weight is 389 g/mol. The van der Waals surface area contributed by atoms with Gasteiger partial charge in [-0.15, -0.1) is 5.10 Å². The Bertz CT molecular complexity index is 1130. The zero-order chi connectivity index (χ0) is 19.8. The number of piperazine rings is 1. The summed E-state index contributed by atoms with van der Waals surface area (Å²) in [4.78, 5) is 9.21. The molecule has 146 valence electrons. The molecule has 0 saturated carbocycles. The standard InChI is InChI=1S/C21H20FN7/c1-27-8-10-28(11-9-27)20-12-18(15-2-4-17(22)5-3-15)21-23-14-19(29(21)26-20)16-6-7-24-25-13-16/h2-7,12-14H,8-11H2,1H3. The molecule has 0 radical (unpaired) electrons. The second-order valence-corrected chi connectivity index (χ2v) is 7.22. The Labute approximate surface area is 167 Å². The first-order valence-electron chi connectivity index (χ1n) is 9.54. The maximum atomic E-state index is 13.5. The minimum absolute atomic E-state index is 0.259. The Morgan fingerprint density at radius 3 is 2.41 bits per heavy atom. The highest BCUT2D eigenvalue weighted by Gasteiger charge is 2.20. The van der Waals surface area contributed by atoms with E-state index in [2.05, 4.69) is 38.1 Å². The van der Waals surface area contributed by atoms with E-state index in [-0.39, 0.29) is 5.82 Å². The van der Waals surface area contributed by atoms with Crippen LogP contribution in [0.4, 0.5) is 10.2 Å². The minimum Gasteiger partial charge on any atom is -0.353 e. The third-order valence-corrected chi connectivity index (χ3v) is 5.32. The lowest BCUT2D eigenvalue weighted by Crippen LogP contribution is -2.45. The number of nitrogens with zero attached hydrogens (tertiary/aromatic N) is 7. The lowest BCUT2D eigenvalue weighted by atomic mass is 10.1. The molecule has 1 saturated heterocycles. The van der Waals surface area contributed by atoms with Crippen molar-refractivity contribution in [3.8, 4) is 22.4 Å². The maximum Gasteiger partial charge on any atom is 0.162 e. The number of hydrogen-bond donors (Lipinski definition) is 0. The van der Waals surface area contributed by atoms with Crippen LogP contribution in [0.25, 0.3) is 28.0 Å². The highest BCUT2D eigenvalue weighted by Crippen LogP contribution is 2.30. The second kappa shape index (κ2) is 7.21. The molecule has 8 heteroatoms. The van der Waals surface area contributed by atoms with Gasteiger partial charge in [0, 0.05) is 37.3 Å². The number of benzene rings is 1. The molecule has 5 rings (SSSR count). The number of aromatic nitrogens is 5. The van der Waals surface area contributed by atoms with Gasteiger partial charge in [-0.3, -0.25) is 0 Å². The minimum atomic E-state index is -0.259. The van der Waals surface area contributed by atoms with Crippen molar-refractivity contribution in [2.24, 2.45) is 0 Å². The van der Waals surface area contributed by atoms with Crippen LogP contribution in [0.1, 0.15) is 0 Å². The molecule has 1 aromatic carbocycles. The van der Waals surface area contributed by atoms with Gasteiger partial charge in [0.2, 0.25) is 0 Å². The van der Waals surface area contributed by atoms with E-state index < -0.39 is 0 Å². The van der Waals surface area contributed by atoms with Crippen molar-refractivity contribution in [3.05, 3.63) is 60.8 Å². The van der Waals surface area contributed by atoms with Crippen molar-refractivity contribution < 1.29 is 4.39 Å². The van der Waals surface area contributed by atoms with Crippen LogP contribution in [-0.2, 0) is 0 Å². The SMILES string of the molecule is CN1CCN(c2cc(-c3ccc(F)cc3)c3ncc(-c4ccnnc4)n3n2)CC1. The number of likely N-dealkylation sites (N-methyl/N-ethyl adjacent to an activating group) is 1. The summed E-state index contributed by atoms with van der Waals surface area (Å²) in [5, 5.41) is 12.7. The molecule has 29 heavy (non-hydrogen) atoms. The summed E-state index contributed by atoms with van der Waals surface area (Å²) in [6.45, 7) is 3.77. The molecule has 0 spiro atoms. The van der Waals surface area contributed by atoms with Crippen LogP contribution < -0.4 is 4.90 Å². The van der Waals surface area contributed by atoms with Crippen molar-refractivity contribution in [2.75, 3.05) is 38.1 Å². The van der Waals surface area contributed by atoms with E-state index in [0.717, 1.165) is 60.0 Å². The van der Waals surface area contributed by atoms with Crippen LogP contribution in [0.2, 0.25) is 0 Å². The Morgan fingerprint density at radius 2 is 1.69 bits per heavy atom. The molecular weight excluding hydrogens is 369 g/mol. The van der Waals surface area contributed by atoms with Gasteiger partial charge >= 0.3 is 0 Å². The maximum absolute atomic E-state index is 13.5. The molecule has 0 atom stereocenters. The summed E-state index contributed by atoms with van der Waals surface area (Å²) in [7, 11) is 2.13. The molecule has 4 heterocycles. The monoisotopic (exact) mass is 389 g/mol. The van der Waals surface area contributed by atoms with Crippen molar-refractivity contribution in [1.29, 1.82) is 0 Å². The van der Waals surface area contributed by atoms with Gasteiger partial charge in [-0.1, -0.05) is 12.1 Å². The third kappa shape index (κ3) is 3.31. The van der Waals surface area contributed by atoms with Crippen LogP contribution in [0.15, 0.2) is 55.0 Å². The van der Waals surface area contributed by atoms with E-state index in [0.29, 0.717) is 0 Å². The summed E-state index contributed by atoms with van der Waals surface area (Å²) in [6.07, 6.45) is 5.14. The van der Waals surface area contributed by atoms with Crippen molar-refractivity contribution >= 4 is 11.5 Å². The van der Waals surface area contributed by atoms with E-state index >= 15 is 0 Å². The predicted molar refractivity (Wildman–Crippen MR) is 109 cm³/mol. The molecule has 3 aromatic heterocycles. The molecule has 0 bridgehead atoms. The van der Waals surface area contributed by atoms with Gasteiger partial charge in [0.15, 0.2) is 5.65 Å². The molecule has 0 N–H and O–H groups in total. The lowest BCUT2D eigenvalue weighted by molar-refractivity contribution is 0.311. The van der Waals surface area contributed by atoms with Crippen molar-refractivity contribution in [1.82, 2.24) is 29.7 Å². The average Bonchev–Trinajstić information content (AvgIpc) is 3.19. The molecule has 4 aromatic rings. The quantitative estimate of drug-likeness (QED) is 0.537. The number of anilines is 1. The van der Waals surface area contributed by atoms with Crippen molar-refractivity contribution in [3.63, 3.8) is 0 Å². The predicted octanol–water partition coefficient (Wildman–Crippen LogP) is 2.74. The summed E-state index contributed by atoms with van der Waals surface area (Å²) in [5.74, 6) is 0.621. The number of rotatable bonds is 3. The fraction of sp³-hybridized carbons (Fsp3) is 0.238. The topological polar surface area (TPSA) is 62.5 Å². The summed E-state index contributed by atoms with van der Waals surface area (Å²) in [6, 6.07) is 10.4. The molecule has 1 aliphatic rings. The summed E-state index contributed by atoms with van der Waals surface area (Å²) in [5.41, 5.74) is 4.28. The van der Waals surface area contributed by atoms with Gasteiger partial charge in [0.05, 0.1) is 24.3 Å². The Balaban J connectivity index is 1.70. The van der Waals surface area contributed by atoms with Gasteiger partial charge in [-0.2, -0.15) is 10.2 Å². The van der Waals surface area contributed by atoms with Crippen LogP contribution >= 0.6 is 0 Å². The van der Waals surface area contributed by atoms with Gasteiger partial charge in [0.1, 0.15) is 11.6 Å². The number of halogens is 1. The number of fused-ring (bicyclic) bond motifs is 1. The first-order chi connectivity index (χ1) is 14.2. The summed E-state index contributed by atoms with van der Waals surface area (Å²) < 4.78 is 15.3. The smallest absolute Gasteiger partial charge is 0.162 e. The number of hydrogen-bond acceptors (Lipinski definition) is 6. The van der Waals surface area contributed by atoms with Crippen LogP contribution in [0, 0.1) is 5.82 Å². The highest BCUT2D eigenvalue weighted by molar-refractivity contribution is 5.81. The second-order valence-electron chi connectivity index (χ2n) is 7.22. The van der Waals surface area contributed by atoms with Gasteiger partial charge < -0.3 is 9.80 Å². The molecule has 7 nitrogen and oxygen atoms in total. The summed E-state index contributed by atoms with van der Waals surface area (Å²) >= 11 is 0. The molecule has 0 unspecified atom stereocenters. The molecule has 1 aliphatic heterocycles. The van der Waals surface area contributed by atoms with Crippen molar-refractivity contribution in [2.45, 2.75) is 0 Å². The van der Waals surface area contributed by atoms with E-state index in [1.54, 1.807) is 30.7 Å². The Kier molecular flexibility index (Phi) is 4.40. The zero-order valence-corrected chi connectivity index (χ0v) is 16.0. The Hall–Kier alpha value is -3.39. The van der Waals surface area contributed by atoms with Gasteiger partial charge in [-0.05, 0) is 36.9 Å². The highest BCUT2D eigenvalue weighted by atomic mass is 19.1. The molecule has 0 aliphatic carbocycles. The normalized spacial score (nSPS) is 15.2. The number of imidazole rings is 1. The fourth-order valence-corrected chi connectivity index (χ4v) is 3.63. The fourth-order valence-electron chi connectivity index (χ4n) is 3.63. The molecular formula is C21H20FN7. The van der Waals surface area contributed by atoms with E-state index in [9.17, 15) is 4.39 Å². The lowest BCUT2D eigenvalue weighted by Gasteiger charge is -2.33. The third-order valence-electron chi connectivity index (χ3n) is 5.32. The first-order valence-corrected chi connectivity index (χ1v) is 9.54. The largest absolute Gasteiger partial charge is 0.353 e. The van der Waals surface area contributed by atoms with E-state index in [1.165, 1.54) is 12.1 Å². The van der Waals surface area contributed by atoms with Crippen LogP contribution in [0.5, 0.6) is 0 Å². The van der Waals surface area contributed by atoms with Gasteiger partial charge in [0.25, 0.3) is 0 Å². The van der Waals surface area contributed by atoms with Crippen LogP contribution in [-0.4, -0.2) is 62.9 Å². The molecule has 1 fully saturated rings. The first kappa shape index (κ1) is 17.7. The van der Waals surface area contributed by atoms with Gasteiger partial charge in [-0.25, -0.2) is 13.9 Å². The van der Waals surface area contributed by atoms with E-state index in [4.69, 9.17) is 5.10 Å². The zero-order valence-electron chi connectivity index (χ0n) is 16.0. The van der Waals surface area contributed by atoms with Crippen LogP contribution in [0.3, 0.4) is 0 Å². The molecule has 0 amide bonds. The van der Waals surface area contributed by atoms with E-state index in [1.807, 2.05) is 10.6 Å².